The fraction of sp³-hybridized carbons (Fsp3) is 0.650. The molecule has 1 heterocycles. The highest BCUT2D eigenvalue weighted by Gasteiger charge is 2.29. The Morgan fingerprint density at radius 3 is 2.58 bits per heavy atom. The molecule has 1 saturated carbocycles. The minimum Gasteiger partial charge on any atom is -0.445 e. The zero-order valence-corrected chi connectivity index (χ0v) is 14.5. The third-order valence-corrected chi connectivity index (χ3v) is 5.19. The van der Waals surface area contributed by atoms with E-state index in [1.807, 2.05) is 35.2 Å². The SMILES string of the molecule is O=C(OCc1ccccc1)N1CCCOC(C2CCCCCC2)C1. The zero-order chi connectivity index (χ0) is 16.6. The van der Waals surface area contributed by atoms with Crippen LogP contribution in [0.3, 0.4) is 0 Å². The van der Waals surface area contributed by atoms with E-state index in [0.717, 1.165) is 25.1 Å². The quantitative estimate of drug-likeness (QED) is 0.771. The molecular weight excluding hydrogens is 302 g/mol. The van der Waals surface area contributed by atoms with Gasteiger partial charge in [-0.15, -0.1) is 0 Å². The standard InChI is InChI=1S/C20H29NO3/c22-20(24-16-17-9-4-3-5-10-17)21-13-8-14-23-19(15-21)18-11-6-1-2-7-12-18/h3-5,9-10,18-19H,1-2,6-8,11-16H2. The maximum Gasteiger partial charge on any atom is 0.410 e. The number of ether oxygens (including phenoxy) is 2. The van der Waals surface area contributed by atoms with Crippen LogP contribution in [-0.2, 0) is 16.1 Å². The Balaban J connectivity index is 1.54. The van der Waals surface area contributed by atoms with Crippen LogP contribution in [0.5, 0.6) is 0 Å². The minimum atomic E-state index is -0.206. The third kappa shape index (κ3) is 4.97. The largest absolute Gasteiger partial charge is 0.445 e. The highest BCUT2D eigenvalue weighted by atomic mass is 16.6. The van der Waals surface area contributed by atoms with Gasteiger partial charge < -0.3 is 14.4 Å². The van der Waals surface area contributed by atoms with Gasteiger partial charge in [0.25, 0.3) is 0 Å². The molecule has 0 N–H and O–H groups in total. The van der Waals surface area contributed by atoms with E-state index in [1.54, 1.807) is 0 Å². The molecule has 1 aliphatic carbocycles. The third-order valence-electron chi connectivity index (χ3n) is 5.19. The second-order valence-electron chi connectivity index (χ2n) is 7.00. The molecule has 1 aliphatic heterocycles. The first-order chi connectivity index (χ1) is 11.8. The van der Waals surface area contributed by atoms with Crippen molar-refractivity contribution < 1.29 is 14.3 Å². The van der Waals surface area contributed by atoms with Crippen molar-refractivity contribution in [2.24, 2.45) is 5.92 Å². The van der Waals surface area contributed by atoms with Crippen LogP contribution in [0.4, 0.5) is 4.79 Å². The summed E-state index contributed by atoms with van der Waals surface area (Å²) in [5.74, 6) is 0.593. The predicted molar refractivity (Wildman–Crippen MR) is 93.7 cm³/mol. The molecule has 1 atom stereocenters. The summed E-state index contributed by atoms with van der Waals surface area (Å²) < 4.78 is 11.6. The zero-order valence-electron chi connectivity index (χ0n) is 14.5. The molecule has 4 heteroatoms. The van der Waals surface area contributed by atoms with Crippen LogP contribution >= 0.6 is 0 Å². The number of rotatable bonds is 3. The fourth-order valence-corrected chi connectivity index (χ4v) is 3.80. The average molecular weight is 331 g/mol. The Morgan fingerprint density at radius 1 is 1.08 bits per heavy atom. The number of carbonyl (C=O) groups excluding carboxylic acids is 1. The molecule has 0 radical (unpaired) electrons. The van der Waals surface area contributed by atoms with Crippen LogP contribution in [-0.4, -0.2) is 36.8 Å². The predicted octanol–water partition coefficient (Wildman–Crippen LogP) is 4.38. The molecule has 2 fully saturated rings. The maximum absolute atomic E-state index is 12.5. The molecule has 132 valence electrons. The van der Waals surface area contributed by atoms with Gasteiger partial charge in [0, 0.05) is 13.2 Å². The molecule has 2 aliphatic rings. The molecule has 1 aromatic rings. The Hall–Kier alpha value is -1.55. The molecule has 1 amide bonds. The van der Waals surface area contributed by atoms with Gasteiger partial charge in [-0.05, 0) is 30.7 Å². The van der Waals surface area contributed by atoms with Crippen molar-refractivity contribution in [1.82, 2.24) is 4.90 Å². The van der Waals surface area contributed by atoms with E-state index in [-0.39, 0.29) is 12.2 Å². The van der Waals surface area contributed by atoms with Crippen LogP contribution in [0.2, 0.25) is 0 Å². The monoisotopic (exact) mass is 331 g/mol. The van der Waals surface area contributed by atoms with E-state index >= 15 is 0 Å². The van der Waals surface area contributed by atoms with Gasteiger partial charge in [-0.2, -0.15) is 0 Å². The molecule has 1 saturated heterocycles. The Morgan fingerprint density at radius 2 is 1.83 bits per heavy atom. The van der Waals surface area contributed by atoms with E-state index in [1.165, 1.54) is 38.5 Å². The van der Waals surface area contributed by atoms with Crippen molar-refractivity contribution in [3.8, 4) is 0 Å². The second-order valence-corrected chi connectivity index (χ2v) is 7.00. The van der Waals surface area contributed by atoms with Crippen molar-refractivity contribution in [1.29, 1.82) is 0 Å². The van der Waals surface area contributed by atoms with Crippen molar-refractivity contribution in [2.75, 3.05) is 19.7 Å². The number of benzene rings is 1. The van der Waals surface area contributed by atoms with E-state index in [2.05, 4.69) is 0 Å². The Bertz CT molecular complexity index is 497. The molecule has 24 heavy (non-hydrogen) atoms. The van der Waals surface area contributed by atoms with Crippen LogP contribution in [0.25, 0.3) is 0 Å². The molecule has 0 spiro atoms. The molecule has 0 bridgehead atoms. The van der Waals surface area contributed by atoms with E-state index in [9.17, 15) is 4.79 Å². The summed E-state index contributed by atoms with van der Waals surface area (Å²) in [5, 5.41) is 0. The Kier molecular flexibility index (Phi) is 6.53. The normalized spacial score (nSPS) is 23.3. The summed E-state index contributed by atoms with van der Waals surface area (Å²) in [6.45, 7) is 2.50. The molecule has 4 nitrogen and oxygen atoms in total. The number of carbonyl (C=O) groups is 1. The number of amides is 1. The van der Waals surface area contributed by atoms with Crippen molar-refractivity contribution in [2.45, 2.75) is 57.7 Å². The highest BCUT2D eigenvalue weighted by Crippen LogP contribution is 2.28. The first kappa shape index (κ1) is 17.3. The van der Waals surface area contributed by atoms with Gasteiger partial charge in [0.2, 0.25) is 0 Å². The average Bonchev–Trinajstić information content (AvgIpc) is 3.03. The number of hydrogen-bond acceptors (Lipinski definition) is 3. The number of hydrogen-bond donors (Lipinski definition) is 0. The highest BCUT2D eigenvalue weighted by molar-refractivity contribution is 5.67. The lowest BCUT2D eigenvalue weighted by atomic mass is 9.93. The lowest BCUT2D eigenvalue weighted by Crippen LogP contribution is -2.40. The van der Waals surface area contributed by atoms with Gasteiger partial charge in [0.1, 0.15) is 6.61 Å². The summed E-state index contributed by atoms with van der Waals surface area (Å²) in [6, 6.07) is 9.85. The van der Waals surface area contributed by atoms with Crippen molar-refractivity contribution in [3.63, 3.8) is 0 Å². The van der Waals surface area contributed by atoms with E-state index in [0.29, 0.717) is 19.1 Å². The van der Waals surface area contributed by atoms with Crippen molar-refractivity contribution in [3.05, 3.63) is 35.9 Å². The Labute approximate surface area is 145 Å². The van der Waals surface area contributed by atoms with Gasteiger partial charge >= 0.3 is 6.09 Å². The van der Waals surface area contributed by atoms with Crippen LogP contribution in [0.1, 0.15) is 50.5 Å². The van der Waals surface area contributed by atoms with E-state index in [4.69, 9.17) is 9.47 Å². The van der Waals surface area contributed by atoms with Gasteiger partial charge in [0.15, 0.2) is 0 Å². The van der Waals surface area contributed by atoms with Crippen LogP contribution < -0.4 is 0 Å². The molecule has 1 unspecified atom stereocenters. The number of nitrogens with zero attached hydrogens (tertiary/aromatic N) is 1. The van der Waals surface area contributed by atoms with Gasteiger partial charge in [-0.3, -0.25) is 0 Å². The maximum atomic E-state index is 12.5. The van der Waals surface area contributed by atoms with Gasteiger partial charge in [0.05, 0.1) is 12.6 Å². The second kappa shape index (κ2) is 9.07. The first-order valence-electron chi connectivity index (χ1n) is 9.40. The van der Waals surface area contributed by atoms with Crippen LogP contribution in [0.15, 0.2) is 30.3 Å². The summed E-state index contributed by atoms with van der Waals surface area (Å²) >= 11 is 0. The summed E-state index contributed by atoms with van der Waals surface area (Å²) in [5.41, 5.74) is 1.03. The van der Waals surface area contributed by atoms with Gasteiger partial charge in [-0.1, -0.05) is 56.0 Å². The lowest BCUT2D eigenvalue weighted by molar-refractivity contribution is 0.00595. The fourth-order valence-electron chi connectivity index (χ4n) is 3.80. The summed E-state index contributed by atoms with van der Waals surface area (Å²) in [6.07, 6.45) is 8.60. The summed E-state index contributed by atoms with van der Waals surface area (Å²) in [4.78, 5) is 14.3. The molecule has 1 aromatic carbocycles. The van der Waals surface area contributed by atoms with E-state index < -0.39 is 0 Å². The smallest absolute Gasteiger partial charge is 0.410 e. The van der Waals surface area contributed by atoms with Crippen LogP contribution in [0, 0.1) is 5.92 Å². The van der Waals surface area contributed by atoms with Gasteiger partial charge in [-0.25, -0.2) is 4.79 Å². The summed E-state index contributed by atoms with van der Waals surface area (Å²) in [7, 11) is 0. The van der Waals surface area contributed by atoms with Crippen molar-refractivity contribution >= 4 is 6.09 Å². The topological polar surface area (TPSA) is 38.8 Å². The molecular formula is C20H29NO3. The lowest BCUT2D eigenvalue weighted by Gasteiger charge is -2.28. The first-order valence-corrected chi connectivity index (χ1v) is 9.40. The minimum absolute atomic E-state index is 0.176. The molecule has 0 aromatic heterocycles. The molecule has 3 rings (SSSR count).